The average Bonchev–Trinajstić information content (AvgIpc) is 2.80. The van der Waals surface area contributed by atoms with E-state index in [1.165, 1.54) is 0 Å². The van der Waals surface area contributed by atoms with E-state index in [-0.39, 0.29) is 5.91 Å². The molecule has 3 rings (SSSR count). The number of rotatable bonds is 3. The fraction of sp³-hybridized carbons (Fsp3) is 0.133. The Morgan fingerprint density at radius 3 is 2.76 bits per heavy atom. The third-order valence-electron chi connectivity index (χ3n) is 3.22. The Morgan fingerprint density at radius 1 is 1.24 bits per heavy atom. The van der Waals surface area contributed by atoms with Gasteiger partial charge in [0.25, 0.3) is 5.91 Å². The molecule has 1 amide bonds. The first-order valence-electron chi connectivity index (χ1n) is 6.56. The Labute approximate surface area is 121 Å². The van der Waals surface area contributed by atoms with Crippen LogP contribution in [-0.2, 0) is 7.05 Å². The molecule has 1 aromatic carbocycles. The van der Waals surface area contributed by atoms with E-state index in [1.54, 1.807) is 16.9 Å². The van der Waals surface area contributed by atoms with Gasteiger partial charge in [-0.2, -0.15) is 5.10 Å². The van der Waals surface area contributed by atoms with Crippen molar-refractivity contribution in [1.82, 2.24) is 20.2 Å². The zero-order valence-corrected chi connectivity index (χ0v) is 11.8. The lowest BCUT2D eigenvalue weighted by Crippen LogP contribution is -2.29. The number of fused-ring (bicyclic) bond motifs is 1. The fourth-order valence-corrected chi connectivity index (χ4v) is 2.15. The van der Waals surface area contributed by atoms with Gasteiger partial charge in [0.2, 0.25) is 0 Å². The number of anilines is 1. The number of amides is 1. The van der Waals surface area contributed by atoms with Crippen molar-refractivity contribution < 1.29 is 4.79 Å². The third-order valence-corrected chi connectivity index (χ3v) is 3.22. The second kappa shape index (κ2) is 5.24. The zero-order valence-electron chi connectivity index (χ0n) is 11.8. The number of nitrogens with one attached hydrogen (secondary N) is 2. The summed E-state index contributed by atoms with van der Waals surface area (Å²) < 4.78 is 1.70. The minimum absolute atomic E-state index is 0.239. The van der Waals surface area contributed by atoms with Gasteiger partial charge in [-0.05, 0) is 25.1 Å². The van der Waals surface area contributed by atoms with Crippen LogP contribution < -0.4 is 10.9 Å². The molecule has 21 heavy (non-hydrogen) atoms. The number of carbonyl (C=O) groups is 1. The summed E-state index contributed by atoms with van der Waals surface area (Å²) in [5.41, 5.74) is 8.43. The number of hydrogen-bond acceptors (Lipinski definition) is 4. The van der Waals surface area contributed by atoms with Gasteiger partial charge in [-0.1, -0.05) is 18.2 Å². The quantitative estimate of drug-likeness (QED) is 0.721. The summed E-state index contributed by atoms with van der Waals surface area (Å²) in [4.78, 5) is 16.4. The molecule has 0 aliphatic heterocycles. The summed E-state index contributed by atoms with van der Waals surface area (Å²) >= 11 is 0. The molecule has 2 aromatic heterocycles. The van der Waals surface area contributed by atoms with Crippen molar-refractivity contribution in [2.75, 3.05) is 5.43 Å². The monoisotopic (exact) mass is 281 g/mol. The largest absolute Gasteiger partial charge is 0.298 e. The van der Waals surface area contributed by atoms with Crippen molar-refractivity contribution in [3.8, 4) is 0 Å². The molecule has 0 bridgehead atoms. The topological polar surface area (TPSA) is 71.8 Å². The van der Waals surface area contributed by atoms with Crippen LogP contribution >= 0.6 is 0 Å². The number of para-hydroxylation sites is 1. The number of carbonyl (C=O) groups excluding carboxylic acids is 1. The van der Waals surface area contributed by atoms with Crippen LogP contribution in [0.3, 0.4) is 0 Å². The van der Waals surface area contributed by atoms with Crippen LogP contribution in [-0.4, -0.2) is 20.7 Å². The van der Waals surface area contributed by atoms with Gasteiger partial charge in [-0.25, -0.2) is 4.98 Å². The Bertz CT molecular complexity index is 794. The number of benzene rings is 1. The van der Waals surface area contributed by atoms with Gasteiger partial charge in [0.15, 0.2) is 5.65 Å². The van der Waals surface area contributed by atoms with Crippen molar-refractivity contribution in [3.05, 3.63) is 53.9 Å². The first kappa shape index (κ1) is 13.1. The molecule has 0 spiro atoms. The third kappa shape index (κ3) is 2.55. The van der Waals surface area contributed by atoms with Crippen LogP contribution in [0, 0.1) is 6.92 Å². The standard InChI is InChI=1S/C15H15N5O/c1-10-13-8-11(9-16-14(13)20(2)19-10)15(21)18-17-12-6-4-3-5-7-12/h3-9,17H,1-2H3,(H,18,21). The minimum atomic E-state index is -0.239. The first-order valence-corrected chi connectivity index (χ1v) is 6.56. The molecule has 6 heteroatoms. The van der Waals surface area contributed by atoms with Gasteiger partial charge in [-0.15, -0.1) is 0 Å². The van der Waals surface area contributed by atoms with Crippen molar-refractivity contribution in [2.45, 2.75) is 6.92 Å². The van der Waals surface area contributed by atoms with E-state index in [2.05, 4.69) is 20.9 Å². The van der Waals surface area contributed by atoms with Crippen molar-refractivity contribution >= 4 is 22.6 Å². The van der Waals surface area contributed by atoms with Crippen LogP contribution in [0.4, 0.5) is 5.69 Å². The zero-order chi connectivity index (χ0) is 14.8. The second-order valence-electron chi connectivity index (χ2n) is 4.75. The van der Waals surface area contributed by atoms with Crippen LogP contribution in [0.25, 0.3) is 11.0 Å². The van der Waals surface area contributed by atoms with Crippen LogP contribution in [0.15, 0.2) is 42.6 Å². The minimum Gasteiger partial charge on any atom is -0.298 e. The average molecular weight is 281 g/mol. The molecular weight excluding hydrogens is 266 g/mol. The Hall–Kier alpha value is -2.89. The van der Waals surface area contributed by atoms with Gasteiger partial charge >= 0.3 is 0 Å². The number of pyridine rings is 1. The SMILES string of the molecule is Cc1nn(C)c2ncc(C(=O)NNc3ccccc3)cc12. The summed E-state index contributed by atoms with van der Waals surface area (Å²) in [6.07, 6.45) is 1.55. The molecule has 0 radical (unpaired) electrons. The maximum absolute atomic E-state index is 12.1. The predicted octanol–water partition coefficient (Wildman–Crippen LogP) is 2.03. The number of nitrogens with zero attached hydrogens (tertiary/aromatic N) is 3. The van der Waals surface area contributed by atoms with Crippen molar-refractivity contribution in [3.63, 3.8) is 0 Å². The van der Waals surface area contributed by atoms with Crippen molar-refractivity contribution in [2.24, 2.45) is 7.05 Å². The molecule has 0 saturated carbocycles. The van der Waals surface area contributed by atoms with Gasteiger partial charge in [-0.3, -0.25) is 20.3 Å². The van der Waals surface area contributed by atoms with E-state index in [1.807, 2.05) is 44.3 Å². The van der Waals surface area contributed by atoms with Gasteiger partial charge in [0.1, 0.15) is 0 Å². The highest BCUT2D eigenvalue weighted by Gasteiger charge is 2.11. The number of aromatic nitrogens is 3. The summed E-state index contributed by atoms with van der Waals surface area (Å²) in [5.74, 6) is -0.239. The molecule has 2 heterocycles. The molecule has 0 aliphatic rings. The lowest BCUT2D eigenvalue weighted by molar-refractivity contribution is 0.0962. The second-order valence-corrected chi connectivity index (χ2v) is 4.75. The molecule has 0 unspecified atom stereocenters. The molecule has 3 aromatic rings. The molecule has 0 atom stereocenters. The molecular formula is C15H15N5O. The fourth-order valence-electron chi connectivity index (χ4n) is 2.15. The first-order chi connectivity index (χ1) is 10.1. The van der Waals surface area contributed by atoms with E-state index in [4.69, 9.17) is 0 Å². The van der Waals surface area contributed by atoms with Crippen LogP contribution in [0.5, 0.6) is 0 Å². The predicted molar refractivity (Wildman–Crippen MR) is 80.8 cm³/mol. The molecule has 0 fully saturated rings. The number of aryl methyl sites for hydroxylation is 2. The lowest BCUT2D eigenvalue weighted by atomic mass is 10.2. The molecule has 6 nitrogen and oxygen atoms in total. The summed E-state index contributed by atoms with van der Waals surface area (Å²) in [7, 11) is 1.83. The Morgan fingerprint density at radius 2 is 2.00 bits per heavy atom. The normalized spacial score (nSPS) is 10.6. The lowest BCUT2D eigenvalue weighted by Gasteiger charge is -2.08. The molecule has 0 saturated heterocycles. The van der Waals surface area contributed by atoms with Gasteiger partial charge in [0.05, 0.1) is 16.9 Å². The smallest absolute Gasteiger partial charge is 0.271 e. The summed E-state index contributed by atoms with van der Waals surface area (Å²) in [6.45, 7) is 1.90. The Balaban J connectivity index is 1.80. The van der Waals surface area contributed by atoms with Crippen LogP contribution in [0.2, 0.25) is 0 Å². The van der Waals surface area contributed by atoms with Crippen LogP contribution in [0.1, 0.15) is 16.1 Å². The number of hydrogen-bond donors (Lipinski definition) is 2. The van der Waals surface area contributed by atoms with Gasteiger partial charge in [0, 0.05) is 18.6 Å². The molecule has 106 valence electrons. The van der Waals surface area contributed by atoms with E-state index < -0.39 is 0 Å². The van der Waals surface area contributed by atoms with Gasteiger partial charge < -0.3 is 0 Å². The highest BCUT2D eigenvalue weighted by molar-refractivity contribution is 5.97. The molecule has 0 aliphatic carbocycles. The maximum atomic E-state index is 12.1. The maximum Gasteiger partial charge on any atom is 0.271 e. The van der Waals surface area contributed by atoms with E-state index in [9.17, 15) is 4.79 Å². The highest BCUT2D eigenvalue weighted by atomic mass is 16.2. The van der Waals surface area contributed by atoms with E-state index in [0.29, 0.717) is 5.56 Å². The summed E-state index contributed by atoms with van der Waals surface area (Å²) in [6, 6.07) is 11.2. The summed E-state index contributed by atoms with van der Waals surface area (Å²) in [5, 5.41) is 5.17. The van der Waals surface area contributed by atoms with Crippen molar-refractivity contribution in [1.29, 1.82) is 0 Å². The number of hydrazine groups is 1. The molecule has 2 N–H and O–H groups in total. The van der Waals surface area contributed by atoms with E-state index >= 15 is 0 Å². The Kier molecular flexibility index (Phi) is 3.27. The van der Waals surface area contributed by atoms with E-state index in [0.717, 1.165) is 22.4 Å². The highest BCUT2D eigenvalue weighted by Crippen LogP contribution is 2.16.